The summed E-state index contributed by atoms with van der Waals surface area (Å²) in [4.78, 5) is 0. The average molecular weight is 275 g/mol. The van der Waals surface area contributed by atoms with Gasteiger partial charge in [-0.2, -0.15) is 0 Å². The molecule has 16 heavy (non-hydrogen) atoms. The molecule has 0 aliphatic heterocycles. The molecule has 0 aromatic heterocycles. The van der Waals surface area contributed by atoms with Crippen LogP contribution in [-0.2, 0) is 0 Å². The van der Waals surface area contributed by atoms with E-state index in [4.69, 9.17) is 4.74 Å². The Morgan fingerprint density at radius 3 is 2.25 bits per heavy atom. The lowest BCUT2D eigenvalue weighted by atomic mass is 10.2. The van der Waals surface area contributed by atoms with E-state index in [0.717, 1.165) is 15.8 Å². The predicted octanol–water partition coefficient (Wildman–Crippen LogP) is 4.50. The number of hydrogen-bond donors (Lipinski definition) is 0. The van der Waals surface area contributed by atoms with Gasteiger partial charge in [-0.1, -0.05) is 46.3 Å². The number of halogens is 1. The van der Waals surface area contributed by atoms with Gasteiger partial charge in [0.15, 0.2) is 0 Å². The standard InChI is InChI=1S/C14H11BrO/c15-13-8-6-12(7-9-13)10-11-16-14-4-2-1-3-5-14/h1-11H. The van der Waals surface area contributed by atoms with Crippen molar-refractivity contribution in [3.63, 3.8) is 0 Å². The van der Waals surface area contributed by atoms with Crippen LogP contribution >= 0.6 is 15.9 Å². The molecule has 0 atom stereocenters. The summed E-state index contributed by atoms with van der Waals surface area (Å²) in [6.45, 7) is 0. The van der Waals surface area contributed by atoms with E-state index in [2.05, 4.69) is 15.9 Å². The van der Waals surface area contributed by atoms with Crippen molar-refractivity contribution in [3.05, 3.63) is 70.9 Å². The van der Waals surface area contributed by atoms with Gasteiger partial charge < -0.3 is 4.74 Å². The van der Waals surface area contributed by atoms with Crippen LogP contribution in [0.25, 0.3) is 6.08 Å². The number of ether oxygens (including phenoxy) is 1. The Morgan fingerprint density at radius 2 is 1.56 bits per heavy atom. The summed E-state index contributed by atoms with van der Waals surface area (Å²) >= 11 is 3.39. The molecule has 0 bridgehead atoms. The third-order valence-corrected chi connectivity index (χ3v) is 2.61. The van der Waals surface area contributed by atoms with E-state index in [1.54, 1.807) is 6.26 Å². The summed E-state index contributed by atoms with van der Waals surface area (Å²) in [5.41, 5.74) is 1.11. The molecule has 0 unspecified atom stereocenters. The summed E-state index contributed by atoms with van der Waals surface area (Å²) < 4.78 is 6.53. The highest BCUT2D eigenvalue weighted by molar-refractivity contribution is 9.10. The van der Waals surface area contributed by atoms with Crippen LogP contribution in [0.4, 0.5) is 0 Å². The number of benzene rings is 2. The molecule has 2 heteroatoms. The van der Waals surface area contributed by atoms with Crippen LogP contribution in [0.3, 0.4) is 0 Å². The van der Waals surface area contributed by atoms with E-state index in [1.165, 1.54) is 0 Å². The molecule has 1 nitrogen and oxygen atoms in total. The van der Waals surface area contributed by atoms with Crippen molar-refractivity contribution in [3.8, 4) is 5.75 Å². The first kappa shape index (κ1) is 11.0. The fourth-order valence-electron chi connectivity index (χ4n) is 1.26. The predicted molar refractivity (Wildman–Crippen MR) is 70.2 cm³/mol. The van der Waals surface area contributed by atoms with Crippen molar-refractivity contribution in [1.29, 1.82) is 0 Å². The Labute approximate surface area is 104 Å². The summed E-state index contributed by atoms with van der Waals surface area (Å²) in [6.07, 6.45) is 3.62. The number of para-hydroxylation sites is 1. The quantitative estimate of drug-likeness (QED) is 0.749. The molecule has 2 rings (SSSR count). The van der Waals surface area contributed by atoms with Crippen molar-refractivity contribution in [2.24, 2.45) is 0 Å². The zero-order valence-electron chi connectivity index (χ0n) is 8.64. The molecular formula is C14H11BrO. The summed E-state index contributed by atoms with van der Waals surface area (Å²) in [5.74, 6) is 0.843. The number of rotatable bonds is 3. The highest BCUT2D eigenvalue weighted by atomic mass is 79.9. The lowest BCUT2D eigenvalue weighted by molar-refractivity contribution is 0.485. The minimum Gasteiger partial charge on any atom is -0.465 e. The van der Waals surface area contributed by atoms with Crippen LogP contribution in [0.1, 0.15) is 5.56 Å². The molecule has 2 aromatic carbocycles. The van der Waals surface area contributed by atoms with Crippen LogP contribution in [0, 0.1) is 0 Å². The molecule has 0 aliphatic carbocycles. The monoisotopic (exact) mass is 274 g/mol. The normalized spacial score (nSPS) is 10.6. The van der Waals surface area contributed by atoms with Gasteiger partial charge in [0, 0.05) is 4.47 Å². The molecule has 0 saturated carbocycles. The first-order valence-electron chi connectivity index (χ1n) is 4.98. The maximum atomic E-state index is 5.45. The molecule has 0 saturated heterocycles. The summed E-state index contributed by atoms with van der Waals surface area (Å²) in [7, 11) is 0. The lowest BCUT2D eigenvalue weighted by Crippen LogP contribution is -1.80. The molecule has 0 spiro atoms. The summed E-state index contributed by atoms with van der Waals surface area (Å²) in [6, 6.07) is 17.8. The van der Waals surface area contributed by atoms with Gasteiger partial charge in [-0.3, -0.25) is 0 Å². The Morgan fingerprint density at radius 1 is 0.875 bits per heavy atom. The molecule has 0 fully saturated rings. The maximum absolute atomic E-state index is 5.45. The molecule has 2 aromatic rings. The van der Waals surface area contributed by atoms with Gasteiger partial charge in [-0.25, -0.2) is 0 Å². The highest BCUT2D eigenvalue weighted by Crippen LogP contribution is 2.13. The van der Waals surface area contributed by atoms with Gasteiger partial charge >= 0.3 is 0 Å². The largest absolute Gasteiger partial charge is 0.465 e. The lowest BCUT2D eigenvalue weighted by Gasteiger charge is -1.98. The van der Waals surface area contributed by atoms with Gasteiger partial charge in [0.2, 0.25) is 0 Å². The Kier molecular flexibility index (Phi) is 3.78. The van der Waals surface area contributed by atoms with Gasteiger partial charge in [0.25, 0.3) is 0 Å². The van der Waals surface area contributed by atoms with Gasteiger partial charge in [-0.05, 0) is 35.9 Å². The van der Waals surface area contributed by atoms with Crippen molar-refractivity contribution < 1.29 is 4.74 Å². The minimum atomic E-state index is 0.843. The maximum Gasteiger partial charge on any atom is 0.126 e. The van der Waals surface area contributed by atoms with Gasteiger partial charge in [0.1, 0.15) is 5.75 Å². The Bertz CT molecular complexity index is 460. The van der Waals surface area contributed by atoms with E-state index in [-0.39, 0.29) is 0 Å². The van der Waals surface area contributed by atoms with E-state index in [9.17, 15) is 0 Å². The van der Waals surface area contributed by atoms with Crippen LogP contribution in [0.15, 0.2) is 65.3 Å². The first-order valence-corrected chi connectivity index (χ1v) is 5.78. The van der Waals surface area contributed by atoms with Crippen molar-refractivity contribution in [2.45, 2.75) is 0 Å². The van der Waals surface area contributed by atoms with Gasteiger partial charge in [0.05, 0.1) is 6.26 Å². The van der Waals surface area contributed by atoms with E-state index >= 15 is 0 Å². The smallest absolute Gasteiger partial charge is 0.126 e. The highest BCUT2D eigenvalue weighted by Gasteiger charge is 1.88. The fraction of sp³-hybridized carbons (Fsp3) is 0. The average Bonchev–Trinajstić information content (AvgIpc) is 2.33. The van der Waals surface area contributed by atoms with E-state index in [0.29, 0.717) is 0 Å². The van der Waals surface area contributed by atoms with Crippen molar-refractivity contribution in [1.82, 2.24) is 0 Å². The van der Waals surface area contributed by atoms with Crippen molar-refractivity contribution >= 4 is 22.0 Å². The van der Waals surface area contributed by atoms with Crippen molar-refractivity contribution in [2.75, 3.05) is 0 Å². The van der Waals surface area contributed by atoms with Crippen LogP contribution < -0.4 is 4.74 Å². The minimum absolute atomic E-state index is 0.843. The zero-order chi connectivity index (χ0) is 11.2. The van der Waals surface area contributed by atoms with E-state index < -0.39 is 0 Å². The summed E-state index contributed by atoms with van der Waals surface area (Å²) in [5, 5.41) is 0. The first-order chi connectivity index (χ1) is 7.84. The van der Waals surface area contributed by atoms with E-state index in [1.807, 2.05) is 60.7 Å². The zero-order valence-corrected chi connectivity index (χ0v) is 10.2. The third kappa shape index (κ3) is 3.24. The molecule has 0 aliphatic rings. The molecular weight excluding hydrogens is 264 g/mol. The molecule has 80 valence electrons. The molecule has 0 radical (unpaired) electrons. The molecule has 0 N–H and O–H groups in total. The second kappa shape index (κ2) is 5.52. The molecule has 0 amide bonds. The number of hydrogen-bond acceptors (Lipinski definition) is 1. The SMILES string of the molecule is Brc1ccc(C=COc2ccccc2)cc1. The molecule has 0 heterocycles. The second-order valence-electron chi connectivity index (χ2n) is 3.29. The second-order valence-corrected chi connectivity index (χ2v) is 4.20. The van der Waals surface area contributed by atoms with Crippen LogP contribution in [0.2, 0.25) is 0 Å². The van der Waals surface area contributed by atoms with Crippen LogP contribution in [0.5, 0.6) is 5.75 Å². The Balaban J connectivity index is 1.98. The third-order valence-electron chi connectivity index (χ3n) is 2.08. The fourth-order valence-corrected chi connectivity index (χ4v) is 1.53. The van der Waals surface area contributed by atoms with Gasteiger partial charge in [-0.15, -0.1) is 0 Å². The Hall–Kier alpha value is -1.54. The topological polar surface area (TPSA) is 9.23 Å². The van der Waals surface area contributed by atoms with Crippen LogP contribution in [-0.4, -0.2) is 0 Å².